The van der Waals surface area contributed by atoms with E-state index in [9.17, 15) is 9.18 Å². The third kappa shape index (κ3) is 3.92. The first-order valence-electron chi connectivity index (χ1n) is 8.49. The SMILES string of the molecule is CCOc1ccc(C(=O)N(Cc2ccccc2F)C2CC2)cc1OC. The average molecular weight is 343 g/mol. The van der Waals surface area contributed by atoms with Crippen molar-refractivity contribution in [3.05, 3.63) is 59.4 Å². The maximum Gasteiger partial charge on any atom is 0.254 e. The number of methoxy groups -OCH3 is 1. The van der Waals surface area contributed by atoms with Gasteiger partial charge in [-0.05, 0) is 44.0 Å². The molecule has 1 amide bonds. The molecule has 0 heterocycles. The average Bonchev–Trinajstić information content (AvgIpc) is 3.46. The zero-order chi connectivity index (χ0) is 17.8. The van der Waals surface area contributed by atoms with Crippen molar-refractivity contribution in [3.63, 3.8) is 0 Å². The maximum absolute atomic E-state index is 14.0. The van der Waals surface area contributed by atoms with Gasteiger partial charge in [0.25, 0.3) is 5.91 Å². The van der Waals surface area contributed by atoms with E-state index in [0.717, 1.165) is 12.8 Å². The molecule has 0 aromatic heterocycles. The topological polar surface area (TPSA) is 38.8 Å². The number of nitrogens with zero attached hydrogens (tertiary/aromatic N) is 1. The fourth-order valence-corrected chi connectivity index (χ4v) is 2.80. The van der Waals surface area contributed by atoms with Crippen LogP contribution in [0.2, 0.25) is 0 Å². The number of amides is 1. The Balaban J connectivity index is 1.85. The van der Waals surface area contributed by atoms with Crippen LogP contribution in [-0.2, 0) is 6.54 Å². The molecule has 0 unspecified atom stereocenters. The van der Waals surface area contributed by atoms with Crippen LogP contribution in [0.3, 0.4) is 0 Å². The Bertz CT molecular complexity index is 758. The second kappa shape index (κ2) is 7.55. The first-order chi connectivity index (χ1) is 12.1. The number of hydrogen-bond donors (Lipinski definition) is 0. The Labute approximate surface area is 147 Å². The van der Waals surface area contributed by atoms with Gasteiger partial charge in [0.2, 0.25) is 0 Å². The second-order valence-corrected chi connectivity index (χ2v) is 6.05. The monoisotopic (exact) mass is 343 g/mol. The molecule has 0 radical (unpaired) electrons. The standard InChI is InChI=1S/C20H22FNO3/c1-3-25-18-11-8-14(12-19(18)24-2)20(23)22(16-9-10-16)13-15-6-4-5-7-17(15)21/h4-8,11-12,16H,3,9-10,13H2,1-2H3. The molecule has 2 aromatic carbocycles. The summed E-state index contributed by atoms with van der Waals surface area (Å²) in [6.45, 7) is 2.68. The van der Waals surface area contributed by atoms with Crippen molar-refractivity contribution in [1.29, 1.82) is 0 Å². The third-order valence-corrected chi connectivity index (χ3v) is 4.26. The minimum Gasteiger partial charge on any atom is -0.493 e. The van der Waals surface area contributed by atoms with Gasteiger partial charge in [-0.2, -0.15) is 0 Å². The van der Waals surface area contributed by atoms with Gasteiger partial charge in [0, 0.05) is 23.7 Å². The van der Waals surface area contributed by atoms with Crippen LogP contribution in [-0.4, -0.2) is 30.6 Å². The van der Waals surface area contributed by atoms with Crippen molar-refractivity contribution >= 4 is 5.91 Å². The van der Waals surface area contributed by atoms with Crippen molar-refractivity contribution in [1.82, 2.24) is 4.90 Å². The van der Waals surface area contributed by atoms with Gasteiger partial charge in [0.1, 0.15) is 5.82 Å². The van der Waals surface area contributed by atoms with Gasteiger partial charge in [-0.1, -0.05) is 18.2 Å². The fourth-order valence-electron chi connectivity index (χ4n) is 2.80. The molecule has 1 aliphatic rings. The molecule has 25 heavy (non-hydrogen) atoms. The lowest BCUT2D eigenvalue weighted by Crippen LogP contribution is -2.33. The summed E-state index contributed by atoms with van der Waals surface area (Å²) in [6.07, 6.45) is 1.91. The second-order valence-electron chi connectivity index (χ2n) is 6.05. The lowest BCUT2D eigenvalue weighted by atomic mass is 10.1. The summed E-state index contributed by atoms with van der Waals surface area (Å²) in [5.74, 6) is 0.722. The van der Waals surface area contributed by atoms with Crippen LogP contribution in [0.15, 0.2) is 42.5 Å². The zero-order valence-electron chi connectivity index (χ0n) is 14.5. The van der Waals surface area contributed by atoms with Crippen LogP contribution < -0.4 is 9.47 Å². The van der Waals surface area contributed by atoms with E-state index in [0.29, 0.717) is 29.2 Å². The Morgan fingerprint density at radius 2 is 1.96 bits per heavy atom. The van der Waals surface area contributed by atoms with Gasteiger partial charge in [-0.3, -0.25) is 4.79 Å². The highest BCUT2D eigenvalue weighted by molar-refractivity contribution is 5.95. The maximum atomic E-state index is 14.0. The molecule has 0 saturated heterocycles. The summed E-state index contributed by atoms with van der Waals surface area (Å²) >= 11 is 0. The molecule has 0 atom stereocenters. The summed E-state index contributed by atoms with van der Waals surface area (Å²) in [5.41, 5.74) is 1.05. The van der Waals surface area contributed by atoms with Gasteiger partial charge in [-0.25, -0.2) is 4.39 Å². The summed E-state index contributed by atoms with van der Waals surface area (Å²) < 4.78 is 24.8. The molecule has 0 spiro atoms. The van der Waals surface area contributed by atoms with E-state index in [2.05, 4.69) is 0 Å². The number of halogens is 1. The van der Waals surface area contributed by atoms with E-state index >= 15 is 0 Å². The molecule has 2 aromatic rings. The van der Waals surface area contributed by atoms with Gasteiger partial charge >= 0.3 is 0 Å². The van der Waals surface area contributed by atoms with Gasteiger partial charge in [0.15, 0.2) is 11.5 Å². The Morgan fingerprint density at radius 3 is 2.60 bits per heavy atom. The van der Waals surface area contributed by atoms with Crippen LogP contribution in [0.4, 0.5) is 4.39 Å². The summed E-state index contributed by atoms with van der Waals surface area (Å²) in [4.78, 5) is 14.7. The number of carbonyl (C=O) groups is 1. The Hall–Kier alpha value is -2.56. The molecule has 4 nitrogen and oxygen atoms in total. The molecule has 1 fully saturated rings. The molecule has 3 rings (SSSR count). The zero-order valence-corrected chi connectivity index (χ0v) is 14.5. The van der Waals surface area contributed by atoms with Gasteiger partial charge in [-0.15, -0.1) is 0 Å². The fraction of sp³-hybridized carbons (Fsp3) is 0.350. The van der Waals surface area contributed by atoms with Crippen molar-refractivity contribution in [2.24, 2.45) is 0 Å². The lowest BCUT2D eigenvalue weighted by Gasteiger charge is -2.23. The van der Waals surface area contributed by atoms with Crippen LogP contribution in [0, 0.1) is 5.82 Å². The molecule has 0 bridgehead atoms. The highest BCUT2D eigenvalue weighted by Crippen LogP contribution is 2.33. The van der Waals surface area contributed by atoms with Crippen LogP contribution >= 0.6 is 0 Å². The van der Waals surface area contributed by atoms with E-state index in [1.165, 1.54) is 6.07 Å². The van der Waals surface area contributed by atoms with E-state index < -0.39 is 0 Å². The number of carbonyl (C=O) groups excluding carboxylic acids is 1. The quantitative estimate of drug-likeness (QED) is 0.762. The molecule has 1 saturated carbocycles. The predicted molar refractivity (Wildman–Crippen MR) is 93.5 cm³/mol. The molecule has 1 aliphatic carbocycles. The molecular formula is C20H22FNO3. The Morgan fingerprint density at radius 1 is 1.20 bits per heavy atom. The first kappa shape index (κ1) is 17.3. The lowest BCUT2D eigenvalue weighted by molar-refractivity contribution is 0.0728. The summed E-state index contributed by atoms with van der Waals surface area (Å²) in [6, 6.07) is 11.9. The highest BCUT2D eigenvalue weighted by atomic mass is 19.1. The number of benzene rings is 2. The summed E-state index contributed by atoms with van der Waals surface area (Å²) in [5, 5.41) is 0. The number of hydrogen-bond acceptors (Lipinski definition) is 3. The first-order valence-corrected chi connectivity index (χ1v) is 8.49. The smallest absolute Gasteiger partial charge is 0.254 e. The molecule has 0 aliphatic heterocycles. The highest BCUT2D eigenvalue weighted by Gasteiger charge is 2.33. The van der Waals surface area contributed by atoms with Crippen LogP contribution in [0.5, 0.6) is 11.5 Å². The van der Waals surface area contributed by atoms with Gasteiger partial charge < -0.3 is 14.4 Å². The van der Waals surface area contributed by atoms with Crippen molar-refractivity contribution < 1.29 is 18.7 Å². The van der Waals surface area contributed by atoms with Crippen LogP contribution in [0.1, 0.15) is 35.7 Å². The van der Waals surface area contributed by atoms with Crippen molar-refractivity contribution in [2.75, 3.05) is 13.7 Å². The van der Waals surface area contributed by atoms with E-state index in [1.807, 2.05) is 6.92 Å². The van der Waals surface area contributed by atoms with Crippen molar-refractivity contribution in [3.8, 4) is 11.5 Å². The molecule has 5 heteroatoms. The minimum absolute atomic E-state index is 0.118. The normalized spacial score (nSPS) is 13.4. The largest absolute Gasteiger partial charge is 0.493 e. The van der Waals surface area contributed by atoms with E-state index in [4.69, 9.17) is 9.47 Å². The number of rotatable bonds is 7. The van der Waals surface area contributed by atoms with E-state index in [-0.39, 0.29) is 24.3 Å². The number of ether oxygens (including phenoxy) is 2. The molecular weight excluding hydrogens is 321 g/mol. The predicted octanol–water partition coefficient (Wildman–Crippen LogP) is 4.04. The van der Waals surface area contributed by atoms with E-state index in [1.54, 1.807) is 48.4 Å². The third-order valence-electron chi connectivity index (χ3n) is 4.26. The van der Waals surface area contributed by atoms with Crippen molar-refractivity contribution in [2.45, 2.75) is 32.4 Å². The minimum atomic E-state index is -0.287. The van der Waals surface area contributed by atoms with Gasteiger partial charge in [0.05, 0.1) is 13.7 Å². The molecule has 132 valence electrons. The molecule has 0 N–H and O–H groups in total. The Kier molecular flexibility index (Phi) is 5.22. The van der Waals surface area contributed by atoms with Crippen LogP contribution in [0.25, 0.3) is 0 Å². The summed E-state index contributed by atoms with van der Waals surface area (Å²) in [7, 11) is 1.55.